The van der Waals surface area contributed by atoms with Gasteiger partial charge >= 0.3 is 0 Å². The van der Waals surface area contributed by atoms with Crippen molar-refractivity contribution < 1.29 is 9.47 Å². The molecule has 0 aromatic heterocycles. The summed E-state index contributed by atoms with van der Waals surface area (Å²) < 4.78 is 12.5. The van der Waals surface area contributed by atoms with Crippen LogP contribution in [0.15, 0.2) is 11.6 Å². The van der Waals surface area contributed by atoms with Gasteiger partial charge in [-0.1, -0.05) is 18.1 Å². The van der Waals surface area contributed by atoms with Crippen LogP contribution >= 0.6 is 0 Å². The molecule has 4 heteroatoms. The first-order valence-corrected chi connectivity index (χ1v) is 12.4. The quantitative estimate of drug-likeness (QED) is 0.467. The molecule has 1 saturated carbocycles. The fourth-order valence-corrected chi connectivity index (χ4v) is 6.44. The predicted molar refractivity (Wildman–Crippen MR) is 117 cm³/mol. The Morgan fingerprint density at radius 1 is 1.03 bits per heavy atom. The molecule has 4 nitrogen and oxygen atoms in total. The van der Waals surface area contributed by atoms with Crippen molar-refractivity contribution in [1.82, 2.24) is 9.80 Å². The van der Waals surface area contributed by atoms with Gasteiger partial charge in [0.05, 0.1) is 11.7 Å². The minimum atomic E-state index is -0.0188. The van der Waals surface area contributed by atoms with Crippen molar-refractivity contribution in [2.24, 2.45) is 5.92 Å². The van der Waals surface area contributed by atoms with E-state index < -0.39 is 0 Å². The Bertz CT molecular complexity index is 610. The largest absolute Gasteiger partial charge is 0.363 e. The first-order valence-electron chi connectivity index (χ1n) is 12.4. The van der Waals surface area contributed by atoms with Crippen LogP contribution in [0.4, 0.5) is 0 Å². The van der Waals surface area contributed by atoms with Crippen molar-refractivity contribution in [2.45, 2.75) is 108 Å². The minimum Gasteiger partial charge on any atom is -0.363 e. The number of piperidine rings is 1. The van der Waals surface area contributed by atoms with E-state index in [0.29, 0.717) is 12.2 Å². The Balaban J connectivity index is 1.01. The van der Waals surface area contributed by atoms with Crippen LogP contribution in [0.5, 0.6) is 0 Å². The Hall–Kier alpha value is -0.420. The maximum absolute atomic E-state index is 6.35. The molecule has 1 aliphatic carbocycles. The summed E-state index contributed by atoms with van der Waals surface area (Å²) in [5.74, 6) is 0.951. The fourth-order valence-electron chi connectivity index (χ4n) is 6.44. The molecule has 1 spiro atoms. The van der Waals surface area contributed by atoms with Crippen molar-refractivity contribution in [3.05, 3.63) is 11.6 Å². The van der Waals surface area contributed by atoms with Crippen molar-refractivity contribution in [2.75, 3.05) is 32.7 Å². The molecule has 0 amide bonds. The first-order chi connectivity index (χ1) is 14.0. The molecule has 4 aliphatic heterocycles. The van der Waals surface area contributed by atoms with Gasteiger partial charge in [-0.25, -0.2) is 0 Å². The number of hydrogen-bond donors (Lipinski definition) is 0. The third kappa shape index (κ3) is 4.20. The summed E-state index contributed by atoms with van der Waals surface area (Å²) in [6.45, 7) is 13.4. The summed E-state index contributed by atoms with van der Waals surface area (Å²) in [4.78, 5) is 5.48. The number of nitrogens with zero attached hydrogens (tertiary/aromatic N) is 2. The van der Waals surface area contributed by atoms with E-state index in [0.717, 1.165) is 18.4 Å². The highest BCUT2D eigenvalue weighted by molar-refractivity contribution is 5.22. The van der Waals surface area contributed by atoms with Crippen LogP contribution in [0.25, 0.3) is 0 Å². The van der Waals surface area contributed by atoms with Gasteiger partial charge in [-0.15, -0.1) is 0 Å². The summed E-state index contributed by atoms with van der Waals surface area (Å²) in [7, 11) is 0. The Morgan fingerprint density at radius 3 is 2.45 bits per heavy atom. The van der Waals surface area contributed by atoms with Crippen molar-refractivity contribution >= 4 is 0 Å². The molecule has 5 fully saturated rings. The second-order valence-corrected chi connectivity index (χ2v) is 11.1. The number of rotatable bonds is 7. The van der Waals surface area contributed by atoms with Crippen molar-refractivity contribution in [3.8, 4) is 0 Å². The molecule has 5 rings (SSSR count). The summed E-state index contributed by atoms with van der Waals surface area (Å²) in [5, 5.41) is 0. The molecular weight excluding hydrogens is 360 g/mol. The van der Waals surface area contributed by atoms with Gasteiger partial charge in [0, 0.05) is 19.1 Å². The van der Waals surface area contributed by atoms with E-state index in [1.165, 1.54) is 89.7 Å². The summed E-state index contributed by atoms with van der Waals surface area (Å²) >= 11 is 0. The number of ether oxygens (including phenoxy) is 2. The topological polar surface area (TPSA) is 31.5 Å². The number of allylic oxidation sites excluding steroid dienone is 1. The van der Waals surface area contributed by atoms with E-state index in [9.17, 15) is 0 Å². The Kier molecular flexibility index (Phi) is 5.60. The van der Waals surface area contributed by atoms with Gasteiger partial charge in [0.2, 0.25) is 0 Å². The summed E-state index contributed by atoms with van der Waals surface area (Å²) in [6, 6.07) is 0.811. The molecule has 0 N–H and O–H groups in total. The van der Waals surface area contributed by atoms with E-state index in [-0.39, 0.29) is 11.2 Å². The maximum Gasteiger partial charge on any atom is 0.121 e. The standard InChI is InChI=1S/C25H42N2O2/c1-19(2)7-8-22-24(3,28-22)23-25(29-23)12-9-21(10-13-25)27-17-20(18-27)11-16-26-14-5-4-6-15-26/h7,20-23H,4-6,8-18H2,1-3H3/t21?,22-,23?,24-,25?/m1/s1. The molecule has 4 heterocycles. The van der Waals surface area contributed by atoms with Crippen LogP contribution in [-0.4, -0.2) is 72.0 Å². The van der Waals surface area contributed by atoms with Gasteiger partial charge < -0.3 is 14.4 Å². The Labute approximate surface area is 178 Å². The third-order valence-electron chi connectivity index (χ3n) is 8.62. The van der Waals surface area contributed by atoms with Crippen LogP contribution in [0.1, 0.15) is 78.6 Å². The number of hydrogen-bond acceptors (Lipinski definition) is 4. The van der Waals surface area contributed by atoms with E-state index in [4.69, 9.17) is 9.47 Å². The monoisotopic (exact) mass is 402 g/mol. The highest BCUT2D eigenvalue weighted by Gasteiger charge is 2.73. The van der Waals surface area contributed by atoms with Gasteiger partial charge in [-0.05, 0) is 97.7 Å². The molecule has 29 heavy (non-hydrogen) atoms. The molecule has 5 aliphatic rings. The third-order valence-corrected chi connectivity index (χ3v) is 8.62. The molecule has 0 bridgehead atoms. The number of likely N-dealkylation sites (tertiary alicyclic amines) is 2. The Morgan fingerprint density at radius 2 is 1.76 bits per heavy atom. The second kappa shape index (κ2) is 7.93. The smallest absolute Gasteiger partial charge is 0.121 e. The zero-order valence-corrected chi connectivity index (χ0v) is 19.0. The zero-order valence-electron chi connectivity index (χ0n) is 19.0. The molecule has 1 unspecified atom stereocenters. The molecular formula is C25H42N2O2. The lowest BCUT2D eigenvalue weighted by molar-refractivity contribution is 0.0151. The summed E-state index contributed by atoms with van der Waals surface area (Å²) in [6.07, 6.45) is 14.9. The SMILES string of the molecule is CC(C)=CC[C@H]1O[C@@]1(C)C1OC12CCC(N1CC(CCN3CCCCC3)C1)CC2. The van der Waals surface area contributed by atoms with Crippen molar-refractivity contribution in [1.29, 1.82) is 0 Å². The molecule has 164 valence electrons. The molecule has 0 aromatic carbocycles. The van der Waals surface area contributed by atoms with Crippen LogP contribution in [-0.2, 0) is 9.47 Å². The van der Waals surface area contributed by atoms with E-state index >= 15 is 0 Å². The zero-order chi connectivity index (χ0) is 20.1. The predicted octanol–water partition coefficient (Wildman–Crippen LogP) is 4.39. The molecule has 4 saturated heterocycles. The normalized spacial score (nSPS) is 43.2. The van der Waals surface area contributed by atoms with Gasteiger partial charge in [-0.3, -0.25) is 4.90 Å². The van der Waals surface area contributed by atoms with Crippen LogP contribution in [0.2, 0.25) is 0 Å². The molecule has 0 radical (unpaired) electrons. The highest BCUT2D eigenvalue weighted by Crippen LogP contribution is 2.60. The first kappa shape index (κ1) is 20.5. The minimum absolute atomic E-state index is 0.0188. The lowest BCUT2D eigenvalue weighted by atomic mass is 9.78. The lowest BCUT2D eigenvalue weighted by Crippen LogP contribution is -2.54. The van der Waals surface area contributed by atoms with Crippen molar-refractivity contribution in [3.63, 3.8) is 0 Å². The second-order valence-electron chi connectivity index (χ2n) is 11.1. The number of epoxide rings is 2. The van der Waals surface area contributed by atoms with Gasteiger partial charge in [0.25, 0.3) is 0 Å². The van der Waals surface area contributed by atoms with Crippen LogP contribution in [0.3, 0.4) is 0 Å². The highest BCUT2D eigenvalue weighted by atomic mass is 16.7. The van der Waals surface area contributed by atoms with E-state index in [2.05, 4.69) is 36.6 Å². The van der Waals surface area contributed by atoms with E-state index in [1.807, 2.05) is 0 Å². The average Bonchev–Trinajstić information content (AvgIpc) is 3.57. The average molecular weight is 403 g/mol. The van der Waals surface area contributed by atoms with Gasteiger partial charge in [0.15, 0.2) is 0 Å². The summed E-state index contributed by atoms with van der Waals surface area (Å²) in [5.41, 5.74) is 1.53. The van der Waals surface area contributed by atoms with Crippen LogP contribution < -0.4 is 0 Å². The lowest BCUT2D eigenvalue weighted by Gasteiger charge is -2.47. The van der Waals surface area contributed by atoms with Gasteiger partial charge in [-0.2, -0.15) is 0 Å². The van der Waals surface area contributed by atoms with Crippen LogP contribution in [0, 0.1) is 5.92 Å². The maximum atomic E-state index is 6.35. The van der Waals surface area contributed by atoms with E-state index in [1.54, 1.807) is 0 Å². The fraction of sp³-hybridized carbons (Fsp3) is 0.920. The molecule has 3 atom stereocenters. The molecule has 0 aromatic rings. The van der Waals surface area contributed by atoms with Gasteiger partial charge in [0.1, 0.15) is 11.7 Å².